The van der Waals surface area contributed by atoms with Gasteiger partial charge < -0.3 is 9.47 Å². The van der Waals surface area contributed by atoms with Crippen molar-refractivity contribution < 1.29 is 14.3 Å². The number of carbonyl (C=O) groups excluding carboxylic acids is 1. The Morgan fingerprint density at radius 2 is 1.83 bits per heavy atom. The molecular weight excluding hydrogens is 597 g/mol. The van der Waals surface area contributed by atoms with Gasteiger partial charge in [0.05, 0.1) is 16.3 Å². The second-order valence-corrected chi connectivity index (χ2v) is 11.7. The Bertz CT molecular complexity index is 1570. The number of carbonyl (C=O) groups is 1. The van der Waals surface area contributed by atoms with E-state index in [1.165, 1.54) is 11.8 Å². The van der Waals surface area contributed by atoms with Crippen molar-refractivity contribution in [3.8, 4) is 22.7 Å². The number of nitrogens with zero attached hydrogens (tertiary/aromatic N) is 3. The Hall–Kier alpha value is -3.14. The minimum Gasteiger partial charge on any atom is -0.489 e. The molecule has 41 heavy (non-hydrogen) atoms. The summed E-state index contributed by atoms with van der Waals surface area (Å²) in [5.74, 6) is 0.594. The van der Waals surface area contributed by atoms with Crippen LogP contribution in [0.5, 0.6) is 5.75 Å². The van der Waals surface area contributed by atoms with Gasteiger partial charge in [0.2, 0.25) is 0 Å². The van der Waals surface area contributed by atoms with Crippen LogP contribution in [0.4, 0.5) is 0 Å². The van der Waals surface area contributed by atoms with Crippen molar-refractivity contribution in [2.75, 3.05) is 19.8 Å². The molecule has 0 aliphatic carbocycles. The predicted octanol–water partition coefficient (Wildman–Crippen LogP) is 8.05. The molecule has 3 aromatic carbocycles. The van der Waals surface area contributed by atoms with Crippen molar-refractivity contribution in [3.05, 3.63) is 105 Å². The standard InChI is InChI=1S/C31H27Cl2N3O3S2/c1-2-38-16-6-15-35-30(37)28(41-31(35)40)17-23-19-36(25-7-4-3-5-8-25)34-29(23)21-10-13-26(14-11-21)39-20-22-9-12-24(32)18-27(22)33/h3-5,7-14,17-19H,2,6,15-16,20H2,1H3. The highest BCUT2D eigenvalue weighted by Gasteiger charge is 2.32. The number of benzene rings is 3. The van der Waals surface area contributed by atoms with E-state index in [1.807, 2.05) is 84.5 Å². The van der Waals surface area contributed by atoms with Gasteiger partial charge in [-0.05, 0) is 68.0 Å². The van der Waals surface area contributed by atoms with Crippen LogP contribution in [0.3, 0.4) is 0 Å². The maximum atomic E-state index is 13.2. The monoisotopic (exact) mass is 623 g/mol. The molecule has 1 saturated heterocycles. The molecule has 0 saturated carbocycles. The van der Waals surface area contributed by atoms with Gasteiger partial charge in [-0.3, -0.25) is 9.69 Å². The highest BCUT2D eigenvalue weighted by atomic mass is 35.5. The Morgan fingerprint density at radius 3 is 2.56 bits per heavy atom. The van der Waals surface area contributed by atoms with Crippen LogP contribution >= 0.6 is 47.2 Å². The molecule has 1 aliphatic rings. The third kappa shape index (κ3) is 7.20. The summed E-state index contributed by atoms with van der Waals surface area (Å²) >= 11 is 19.1. The van der Waals surface area contributed by atoms with Crippen molar-refractivity contribution >= 4 is 63.5 Å². The molecule has 0 spiro atoms. The van der Waals surface area contributed by atoms with E-state index in [1.54, 1.807) is 17.0 Å². The topological polar surface area (TPSA) is 56.6 Å². The average molecular weight is 625 g/mol. The lowest BCUT2D eigenvalue weighted by atomic mass is 10.1. The summed E-state index contributed by atoms with van der Waals surface area (Å²) in [6.07, 6.45) is 4.53. The van der Waals surface area contributed by atoms with Crippen molar-refractivity contribution in [1.82, 2.24) is 14.7 Å². The molecule has 0 N–H and O–H groups in total. The second-order valence-electron chi connectivity index (χ2n) is 9.15. The molecule has 0 atom stereocenters. The number of thioether (sulfide) groups is 1. The van der Waals surface area contributed by atoms with Crippen molar-refractivity contribution in [2.24, 2.45) is 0 Å². The van der Waals surface area contributed by atoms with Crippen molar-refractivity contribution in [2.45, 2.75) is 20.0 Å². The maximum absolute atomic E-state index is 13.2. The van der Waals surface area contributed by atoms with Gasteiger partial charge in [-0.25, -0.2) is 4.68 Å². The first-order valence-corrected chi connectivity index (χ1v) is 15.1. The van der Waals surface area contributed by atoms with E-state index in [0.717, 1.165) is 34.5 Å². The number of hydrogen-bond donors (Lipinski definition) is 0. The summed E-state index contributed by atoms with van der Waals surface area (Å²) in [6.45, 7) is 4.04. The van der Waals surface area contributed by atoms with E-state index in [9.17, 15) is 4.79 Å². The molecule has 10 heteroatoms. The quantitative estimate of drug-likeness (QED) is 0.0957. The molecule has 0 unspecified atom stereocenters. The number of amides is 1. The highest BCUT2D eigenvalue weighted by Crippen LogP contribution is 2.35. The summed E-state index contributed by atoms with van der Waals surface area (Å²) in [4.78, 5) is 15.4. The zero-order chi connectivity index (χ0) is 28.8. The molecule has 0 radical (unpaired) electrons. The molecule has 4 aromatic rings. The minimum atomic E-state index is -0.0977. The Labute approximate surface area is 258 Å². The molecule has 0 bridgehead atoms. The lowest BCUT2D eigenvalue weighted by molar-refractivity contribution is -0.122. The summed E-state index contributed by atoms with van der Waals surface area (Å²) in [7, 11) is 0. The van der Waals surface area contributed by atoms with E-state index in [-0.39, 0.29) is 5.91 Å². The van der Waals surface area contributed by atoms with Crippen molar-refractivity contribution in [3.63, 3.8) is 0 Å². The molecule has 1 aromatic heterocycles. The minimum absolute atomic E-state index is 0.0977. The third-order valence-electron chi connectivity index (χ3n) is 6.34. The Balaban J connectivity index is 1.40. The van der Waals surface area contributed by atoms with Gasteiger partial charge >= 0.3 is 0 Å². The smallest absolute Gasteiger partial charge is 0.266 e. The molecule has 1 amide bonds. The van der Waals surface area contributed by atoms with Crippen LogP contribution in [0.2, 0.25) is 10.0 Å². The van der Waals surface area contributed by atoms with Crippen LogP contribution < -0.4 is 4.74 Å². The van der Waals surface area contributed by atoms with Gasteiger partial charge in [0.25, 0.3) is 5.91 Å². The second kappa shape index (κ2) is 13.7. The largest absolute Gasteiger partial charge is 0.489 e. The lowest BCUT2D eigenvalue weighted by Gasteiger charge is -2.13. The number of halogens is 2. The number of para-hydroxylation sites is 1. The van der Waals surface area contributed by atoms with E-state index in [0.29, 0.717) is 51.4 Å². The molecule has 5 rings (SSSR count). The summed E-state index contributed by atoms with van der Waals surface area (Å²) < 4.78 is 13.7. The van der Waals surface area contributed by atoms with Crippen LogP contribution in [-0.4, -0.2) is 44.7 Å². The van der Waals surface area contributed by atoms with Gasteiger partial charge in [-0.15, -0.1) is 0 Å². The molecule has 6 nitrogen and oxygen atoms in total. The Morgan fingerprint density at radius 1 is 1.05 bits per heavy atom. The number of ether oxygens (including phenoxy) is 2. The highest BCUT2D eigenvalue weighted by molar-refractivity contribution is 8.26. The predicted molar refractivity (Wildman–Crippen MR) is 171 cm³/mol. The fourth-order valence-corrected chi connectivity index (χ4v) is 6.00. The molecular formula is C31H27Cl2N3O3S2. The van der Waals surface area contributed by atoms with E-state index in [2.05, 4.69) is 0 Å². The van der Waals surface area contributed by atoms with Gasteiger partial charge in [-0.2, -0.15) is 5.10 Å². The van der Waals surface area contributed by atoms with Crippen LogP contribution in [0.1, 0.15) is 24.5 Å². The van der Waals surface area contributed by atoms with E-state index in [4.69, 9.17) is 50.0 Å². The number of hydrogen-bond acceptors (Lipinski definition) is 6. The fraction of sp³-hybridized carbons (Fsp3) is 0.194. The molecule has 2 heterocycles. The molecule has 1 fully saturated rings. The SMILES string of the molecule is CCOCCCN1C(=O)C(=Cc2cn(-c3ccccc3)nc2-c2ccc(OCc3ccc(Cl)cc3Cl)cc2)SC1=S. The Kier molecular flexibility index (Phi) is 9.80. The number of thiocarbonyl (C=S) groups is 1. The van der Waals surface area contributed by atoms with Crippen LogP contribution in [0.15, 0.2) is 83.9 Å². The first-order valence-electron chi connectivity index (χ1n) is 13.1. The zero-order valence-electron chi connectivity index (χ0n) is 22.3. The van der Waals surface area contributed by atoms with Crippen LogP contribution in [-0.2, 0) is 16.1 Å². The van der Waals surface area contributed by atoms with Gasteiger partial charge in [-0.1, -0.05) is 71.4 Å². The molecule has 1 aliphatic heterocycles. The number of rotatable bonds is 11. The third-order valence-corrected chi connectivity index (χ3v) is 8.30. The normalized spacial score (nSPS) is 14.3. The zero-order valence-corrected chi connectivity index (χ0v) is 25.4. The maximum Gasteiger partial charge on any atom is 0.266 e. The summed E-state index contributed by atoms with van der Waals surface area (Å²) in [5.41, 5.74) is 4.19. The van der Waals surface area contributed by atoms with E-state index < -0.39 is 0 Å². The fourth-order valence-electron chi connectivity index (χ4n) is 4.24. The lowest BCUT2D eigenvalue weighted by Crippen LogP contribution is -2.29. The summed E-state index contributed by atoms with van der Waals surface area (Å²) in [5, 5.41) is 6.03. The first-order chi connectivity index (χ1) is 19.9. The van der Waals surface area contributed by atoms with Gasteiger partial charge in [0.1, 0.15) is 16.7 Å². The van der Waals surface area contributed by atoms with Gasteiger partial charge in [0, 0.05) is 52.7 Å². The average Bonchev–Trinajstić information content (AvgIpc) is 3.51. The van der Waals surface area contributed by atoms with Crippen LogP contribution in [0.25, 0.3) is 23.0 Å². The first kappa shape index (κ1) is 29.4. The number of aromatic nitrogens is 2. The van der Waals surface area contributed by atoms with Crippen molar-refractivity contribution in [1.29, 1.82) is 0 Å². The summed E-state index contributed by atoms with van der Waals surface area (Å²) in [6, 6.07) is 22.9. The van der Waals surface area contributed by atoms with Crippen LogP contribution in [0, 0.1) is 0 Å². The van der Waals surface area contributed by atoms with E-state index >= 15 is 0 Å². The van der Waals surface area contributed by atoms with Gasteiger partial charge in [0.15, 0.2) is 0 Å². The molecule has 210 valence electrons.